The summed E-state index contributed by atoms with van der Waals surface area (Å²) in [5, 5.41) is 5.17. The molecule has 1 saturated carbocycles. The second-order valence-corrected chi connectivity index (χ2v) is 8.44. The molecule has 4 aromatic rings. The van der Waals surface area contributed by atoms with Gasteiger partial charge in [-0.2, -0.15) is 0 Å². The summed E-state index contributed by atoms with van der Waals surface area (Å²) in [7, 11) is 0. The van der Waals surface area contributed by atoms with Crippen molar-refractivity contribution in [2.45, 2.75) is 37.8 Å². The average Bonchev–Trinajstić information content (AvgIpc) is 3.15. The lowest BCUT2D eigenvalue weighted by Crippen LogP contribution is -2.63. The zero-order valence-corrected chi connectivity index (χ0v) is 17.5. The topological polar surface area (TPSA) is 70.4 Å². The van der Waals surface area contributed by atoms with Crippen molar-refractivity contribution in [3.05, 3.63) is 72.0 Å². The van der Waals surface area contributed by atoms with Gasteiger partial charge in [0.2, 0.25) is 5.95 Å². The second-order valence-electron chi connectivity index (χ2n) is 8.03. The summed E-state index contributed by atoms with van der Waals surface area (Å²) < 4.78 is 2.19. The smallest absolute Gasteiger partial charge is 0.223 e. The zero-order valence-electron chi connectivity index (χ0n) is 16.8. The number of quaternary nitrogens is 1. The Hall–Kier alpha value is -2.89. The number of nitrogens with one attached hydrogen (secondary N) is 1. The minimum atomic E-state index is 0.362. The fraction of sp³-hybridized carbons (Fsp3) is 0.250. The van der Waals surface area contributed by atoms with E-state index in [0.29, 0.717) is 23.1 Å². The van der Waals surface area contributed by atoms with E-state index in [0.717, 1.165) is 40.7 Å². The van der Waals surface area contributed by atoms with Gasteiger partial charge in [-0.25, -0.2) is 9.97 Å². The van der Waals surface area contributed by atoms with Crippen LogP contribution in [0.1, 0.15) is 25.7 Å². The van der Waals surface area contributed by atoms with E-state index in [9.17, 15) is 0 Å². The Morgan fingerprint density at radius 3 is 2.67 bits per heavy atom. The maximum absolute atomic E-state index is 6.58. The largest absolute Gasteiger partial charge is 0.355 e. The number of anilines is 1. The first kappa shape index (κ1) is 19.1. The van der Waals surface area contributed by atoms with Gasteiger partial charge in [-0.05, 0) is 37.5 Å². The molecular weight excluding hydrogens is 394 g/mol. The van der Waals surface area contributed by atoms with Crippen molar-refractivity contribution in [3.8, 4) is 16.9 Å². The standard InChI is InChI=1S/C24H24ClN5/c25-21-14-27-24(28-17-8-6-7-16(26)13-17)29-23(21)20-15-30(18-9-2-1-3-10-18)22-12-5-4-11-19(20)22/h1-5,9-12,14-17H,6-8,13,26H2,(H,27,28,29)/p+1/t16-,17+/m0/s1. The van der Waals surface area contributed by atoms with Crippen LogP contribution >= 0.6 is 11.6 Å². The van der Waals surface area contributed by atoms with Crippen LogP contribution in [0, 0.1) is 0 Å². The van der Waals surface area contributed by atoms with Gasteiger partial charge in [0.15, 0.2) is 0 Å². The normalized spacial score (nSPS) is 19.1. The molecule has 5 rings (SSSR count). The molecule has 0 amide bonds. The molecule has 30 heavy (non-hydrogen) atoms. The van der Waals surface area contributed by atoms with Crippen LogP contribution in [-0.2, 0) is 0 Å². The van der Waals surface area contributed by atoms with E-state index in [-0.39, 0.29) is 0 Å². The quantitative estimate of drug-likeness (QED) is 0.504. The average molecular weight is 419 g/mol. The van der Waals surface area contributed by atoms with Gasteiger partial charge >= 0.3 is 0 Å². The molecule has 1 aliphatic rings. The Bertz CT molecular complexity index is 1170. The molecule has 4 N–H and O–H groups in total. The molecule has 0 saturated heterocycles. The van der Waals surface area contributed by atoms with Crippen LogP contribution in [-0.4, -0.2) is 26.6 Å². The molecule has 2 heterocycles. The number of rotatable bonds is 4. The molecule has 0 unspecified atom stereocenters. The van der Waals surface area contributed by atoms with Crippen LogP contribution in [0.15, 0.2) is 67.0 Å². The highest BCUT2D eigenvalue weighted by atomic mass is 35.5. The first-order valence-corrected chi connectivity index (χ1v) is 10.8. The van der Waals surface area contributed by atoms with Crippen molar-refractivity contribution in [3.63, 3.8) is 0 Å². The van der Waals surface area contributed by atoms with Crippen molar-refractivity contribution in [2.24, 2.45) is 0 Å². The molecule has 2 aromatic heterocycles. The number of fused-ring (bicyclic) bond motifs is 1. The van der Waals surface area contributed by atoms with Gasteiger partial charge < -0.3 is 15.6 Å². The predicted molar refractivity (Wildman–Crippen MR) is 122 cm³/mol. The number of hydrogen-bond donors (Lipinski definition) is 2. The maximum atomic E-state index is 6.58. The highest BCUT2D eigenvalue weighted by molar-refractivity contribution is 6.33. The number of aromatic nitrogens is 3. The first-order valence-electron chi connectivity index (χ1n) is 10.5. The highest BCUT2D eigenvalue weighted by Gasteiger charge is 2.23. The van der Waals surface area contributed by atoms with Crippen LogP contribution < -0.4 is 11.1 Å². The van der Waals surface area contributed by atoms with E-state index >= 15 is 0 Å². The predicted octanol–water partition coefficient (Wildman–Crippen LogP) is 4.71. The Morgan fingerprint density at radius 1 is 1.03 bits per heavy atom. The van der Waals surface area contributed by atoms with E-state index in [1.807, 2.05) is 24.3 Å². The van der Waals surface area contributed by atoms with Gasteiger partial charge in [-0.3, -0.25) is 0 Å². The lowest BCUT2D eigenvalue weighted by atomic mass is 9.92. The lowest BCUT2D eigenvalue weighted by Gasteiger charge is -2.25. The minimum absolute atomic E-state index is 0.362. The summed E-state index contributed by atoms with van der Waals surface area (Å²) >= 11 is 6.58. The summed E-state index contributed by atoms with van der Waals surface area (Å²) in [4.78, 5) is 9.28. The van der Waals surface area contributed by atoms with Crippen LogP contribution in [0.5, 0.6) is 0 Å². The highest BCUT2D eigenvalue weighted by Crippen LogP contribution is 2.35. The van der Waals surface area contributed by atoms with Crippen molar-refractivity contribution in [2.75, 3.05) is 5.32 Å². The maximum Gasteiger partial charge on any atom is 0.223 e. The molecule has 0 aliphatic heterocycles. The molecule has 2 aromatic carbocycles. The van der Waals surface area contributed by atoms with Gasteiger partial charge in [-0.1, -0.05) is 48.0 Å². The van der Waals surface area contributed by atoms with Crippen LogP contribution in [0.2, 0.25) is 5.02 Å². The number of benzene rings is 2. The van der Waals surface area contributed by atoms with Crippen LogP contribution in [0.4, 0.5) is 5.95 Å². The monoisotopic (exact) mass is 418 g/mol. The van der Waals surface area contributed by atoms with Crippen molar-refractivity contribution >= 4 is 28.5 Å². The van der Waals surface area contributed by atoms with Crippen LogP contribution in [0.3, 0.4) is 0 Å². The van der Waals surface area contributed by atoms with Crippen LogP contribution in [0.25, 0.3) is 27.8 Å². The molecule has 0 bridgehead atoms. The summed E-state index contributed by atoms with van der Waals surface area (Å²) in [6, 6.07) is 19.5. The van der Waals surface area contributed by atoms with Crippen molar-refractivity contribution in [1.29, 1.82) is 0 Å². The molecular formula is C24H25ClN5+. The summed E-state index contributed by atoms with van der Waals surface area (Å²) in [6.45, 7) is 0. The van der Waals surface area contributed by atoms with Crippen molar-refractivity contribution in [1.82, 2.24) is 14.5 Å². The third-order valence-electron chi connectivity index (χ3n) is 5.86. The summed E-state index contributed by atoms with van der Waals surface area (Å²) in [6.07, 6.45) is 8.38. The molecule has 6 heteroatoms. The van der Waals surface area contributed by atoms with E-state index in [1.54, 1.807) is 6.20 Å². The lowest BCUT2D eigenvalue weighted by molar-refractivity contribution is -0.425. The third-order valence-corrected chi connectivity index (χ3v) is 6.14. The summed E-state index contributed by atoms with van der Waals surface area (Å²) in [5.41, 5.74) is 8.21. The molecule has 5 nitrogen and oxygen atoms in total. The third kappa shape index (κ3) is 3.66. The van der Waals surface area contributed by atoms with E-state index in [4.69, 9.17) is 16.6 Å². The fourth-order valence-corrected chi connectivity index (χ4v) is 4.59. The zero-order chi connectivity index (χ0) is 20.5. The SMILES string of the molecule is [NH3+][C@H]1CCC[C@@H](Nc2ncc(Cl)c(-c3cn(-c4ccccc4)c4ccccc34)n2)C1. The Labute approximate surface area is 180 Å². The molecule has 1 aliphatic carbocycles. The van der Waals surface area contributed by atoms with Gasteiger partial charge in [0.1, 0.15) is 0 Å². The van der Waals surface area contributed by atoms with E-state index in [1.165, 1.54) is 12.8 Å². The number of hydrogen-bond acceptors (Lipinski definition) is 3. The van der Waals surface area contributed by atoms with Gasteiger partial charge in [0.25, 0.3) is 0 Å². The van der Waals surface area contributed by atoms with Gasteiger partial charge in [0, 0.05) is 35.3 Å². The Morgan fingerprint density at radius 2 is 1.83 bits per heavy atom. The molecule has 2 atom stereocenters. The number of para-hydroxylation sites is 2. The Kier molecular flexibility index (Phi) is 5.15. The molecule has 0 spiro atoms. The number of halogens is 1. The molecule has 1 fully saturated rings. The van der Waals surface area contributed by atoms with E-state index < -0.39 is 0 Å². The first-order chi connectivity index (χ1) is 14.7. The van der Waals surface area contributed by atoms with Gasteiger partial charge in [0.05, 0.1) is 28.5 Å². The summed E-state index contributed by atoms with van der Waals surface area (Å²) in [5.74, 6) is 0.630. The second kappa shape index (κ2) is 8.09. The fourth-order valence-electron chi connectivity index (χ4n) is 4.40. The molecule has 152 valence electrons. The minimum Gasteiger partial charge on any atom is -0.355 e. The van der Waals surface area contributed by atoms with Gasteiger partial charge in [-0.15, -0.1) is 0 Å². The van der Waals surface area contributed by atoms with E-state index in [2.05, 4.69) is 57.1 Å². The number of nitrogens with zero attached hydrogens (tertiary/aromatic N) is 3. The van der Waals surface area contributed by atoms with Crippen molar-refractivity contribution < 1.29 is 5.73 Å². The Balaban J connectivity index is 1.57. The molecule has 0 radical (unpaired) electrons.